The summed E-state index contributed by atoms with van der Waals surface area (Å²) in [7, 11) is 0. The maximum atomic E-state index is 12.3. The van der Waals surface area contributed by atoms with Crippen molar-refractivity contribution in [3.63, 3.8) is 0 Å². The van der Waals surface area contributed by atoms with Crippen molar-refractivity contribution in [1.82, 2.24) is 10.6 Å². The summed E-state index contributed by atoms with van der Waals surface area (Å²) in [4.78, 5) is 36.2. The van der Waals surface area contributed by atoms with Crippen LogP contribution in [0.25, 0.3) is 0 Å². The number of amides is 3. The number of rotatable bonds is 5. The molecule has 0 aromatic heterocycles. The molecule has 112 valence electrons. The van der Waals surface area contributed by atoms with Crippen LogP contribution in [0.2, 0.25) is 0 Å². The van der Waals surface area contributed by atoms with Crippen LogP contribution >= 0.6 is 15.9 Å². The number of benzene rings is 1. The average molecular weight is 354 g/mol. The number of halogens is 1. The highest BCUT2D eigenvalue weighted by molar-refractivity contribution is 9.10. The van der Waals surface area contributed by atoms with Crippen LogP contribution in [-0.4, -0.2) is 36.9 Å². The van der Waals surface area contributed by atoms with Crippen LogP contribution < -0.4 is 15.5 Å². The fourth-order valence-electron chi connectivity index (χ4n) is 2.14. The van der Waals surface area contributed by atoms with Crippen LogP contribution in [0.3, 0.4) is 0 Å². The van der Waals surface area contributed by atoms with E-state index in [2.05, 4.69) is 26.6 Å². The first kappa shape index (κ1) is 15.7. The molecule has 0 aliphatic carbocycles. The second-order valence-electron chi connectivity index (χ2n) is 4.74. The van der Waals surface area contributed by atoms with E-state index in [0.29, 0.717) is 18.8 Å². The van der Waals surface area contributed by atoms with Crippen molar-refractivity contribution in [3.8, 4) is 0 Å². The fourth-order valence-corrected chi connectivity index (χ4v) is 2.40. The third-order valence-electron chi connectivity index (χ3n) is 3.12. The lowest BCUT2D eigenvalue weighted by molar-refractivity contribution is -0.121. The molecule has 1 aromatic carbocycles. The van der Waals surface area contributed by atoms with Crippen molar-refractivity contribution in [2.24, 2.45) is 0 Å². The van der Waals surface area contributed by atoms with Crippen molar-refractivity contribution in [2.75, 3.05) is 18.0 Å². The molecule has 0 bridgehead atoms. The molecule has 21 heavy (non-hydrogen) atoms. The van der Waals surface area contributed by atoms with Gasteiger partial charge in [0, 0.05) is 24.5 Å². The molecule has 1 atom stereocenters. The minimum absolute atomic E-state index is 0.123. The summed E-state index contributed by atoms with van der Waals surface area (Å²) in [5.41, 5.74) is 0.569. The monoisotopic (exact) mass is 353 g/mol. The Labute approximate surface area is 131 Å². The molecule has 1 aliphatic heterocycles. The van der Waals surface area contributed by atoms with Crippen molar-refractivity contribution in [3.05, 3.63) is 28.7 Å². The summed E-state index contributed by atoms with van der Waals surface area (Å²) in [5.74, 6) is -0.605. The summed E-state index contributed by atoms with van der Waals surface area (Å²) in [6.45, 7) is 2.29. The zero-order chi connectivity index (χ0) is 15.4. The molecule has 0 spiro atoms. The predicted molar refractivity (Wildman–Crippen MR) is 81.7 cm³/mol. The first-order valence-corrected chi connectivity index (χ1v) is 7.38. The number of imide groups is 1. The van der Waals surface area contributed by atoms with Crippen molar-refractivity contribution < 1.29 is 14.4 Å². The number of carbonyl (C=O) groups is 3. The van der Waals surface area contributed by atoms with E-state index < -0.39 is 6.04 Å². The molecule has 1 fully saturated rings. The molecule has 1 aliphatic rings. The fraction of sp³-hybridized carbons (Fsp3) is 0.357. The van der Waals surface area contributed by atoms with Gasteiger partial charge in [-0.3, -0.25) is 14.4 Å². The summed E-state index contributed by atoms with van der Waals surface area (Å²) in [5, 5.41) is 5.62. The smallest absolute Gasteiger partial charge is 0.251 e. The summed E-state index contributed by atoms with van der Waals surface area (Å²) in [6, 6.07) is 6.48. The van der Waals surface area contributed by atoms with E-state index in [1.54, 1.807) is 24.3 Å². The van der Waals surface area contributed by atoms with Gasteiger partial charge in [-0.25, -0.2) is 4.90 Å². The van der Waals surface area contributed by atoms with Gasteiger partial charge in [0.15, 0.2) is 0 Å². The van der Waals surface area contributed by atoms with Gasteiger partial charge in [0.2, 0.25) is 11.8 Å². The lowest BCUT2D eigenvalue weighted by Crippen LogP contribution is -2.41. The molecular formula is C14H16BrN3O3. The number of carbonyl (C=O) groups excluding carboxylic acids is 3. The van der Waals surface area contributed by atoms with Gasteiger partial charge in [-0.2, -0.15) is 0 Å². The highest BCUT2D eigenvalue weighted by Crippen LogP contribution is 2.24. The Morgan fingerprint density at radius 3 is 2.57 bits per heavy atom. The largest absolute Gasteiger partial charge is 0.355 e. The van der Waals surface area contributed by atoms with Crippen molar-refractivity contribution in [1.29, 1.82) is 0 Å². The predicted octanol–water partition coefficient (Wildman–Crippen LogP) is 0.807. The van der Waals surface area contributed by atoms with Crippen LogP contribution in [0.1, 0.15) is 13.3 Å². The van der Waals surface area contributed by atoms with Crippen LogP contribution in [0.15, 0.2) is 28.7 Å². The van der Waals surface area contributed by atoms with E-state index in [0.717, 1.165) is 4.47 Å². The number of anilines is 1. The molecule has 7 heteroatoms. The van der Waals surface area contributed by atoms with Gasteiger partial charge in [-0.1, -0.05) is 15.9 Å². The van der Waals surface area contributed by atoms with E-state index in [9.17, 15) is 14.4 Å². The van der Waals surface area contributed by atoms with Crippen LogP contribution in [0.4, 0.5) is 5.69 Å². The molecule has 1 aromatic rings. The average Bonchev–Trinajstić information content (AvgIpc) is 2.71. The van der Waals surface area contributed by atoms with E-state index in [-0.39, 0.29) is 24.1 Å². The first-order chi connectivity index (χ1) is 9.99. The zero-order valence-corrected chi connectivity index (χ0v) is 13.1. The lowest BCUT2D eigenvalue weighted by atomic mass is 10.2. The zero-order valence-electron chi connectivity index (χ0n) is 11.6. The van der Waals surface area contributed by atoms with Gasteiger partial charge in [-0.15, -0.1) is 0 Å². The molecule has 2 N–H and O–H groups in total. The SMILES string of the molecule is CC(=O)NCCNC1CC(=O)N(c2ccc(Br)cc2)C1=O. The summed E-state index contributed by atoms with van der Waals surface area (Å²) in [6.07, 6.45) is 0.134. The first-order valence-electron chi connectivity index (χ1n) is 6.59. The van der Waals surface area contributed by atoms with Crippen LogP contribution in [-0.2, 0) is 14.4 Å². The molecule has 1 saturated heterocycles. The summed E-state index contributed by atoms with van der Waals surface area (Å²) < 4.78 is 0.885. The van der Waals surface area contributed by atoms with Gasteiger partial charge in [0.1, 0.15) is 0 Å². The lowest BCUT2D eigenvalue weighted by Gasteiger charge is -2.15. The topological polar surface area (TPSA) is 78.5 Å². The summed E-state index contributed by atoms with van der Waals surface area (Å²) >= 11 is 3.31. The molecule has 1 unspecified atom stereocenters. The molecule has 6 nitrogen and oxygen atoms in total. The van der Waals surface area contributed by atoms with Crippen LogP contribution in [0.5, 0.6) is 0 Å². The van der Waals surface area contributed by atoms with E-state index >= 15 is 0 Å². The number of nitrogens with one attached hydrogen (secondary N) is 2. The normalized spacial score (nSPS) is 18.2. The second-order valence-corrected chi connectivity index (χ2v) is 5.65. The third-order valence-corrected chi connectivity index (χ3v) is 3.65. The van der Waals surface area contributed by atoms with Crippen LogP contribution in [0, 0.1) is 0 Å². The Kier molecular flexibility index (Phi) is 5.08. The highest BCUT2D eigenvalue weighted by atomic mass is 79.9. The number of nitrogens with zero attached hydrogens (tertiary/aromatic N) is 1. The minimum Gasteiger partial charge on any atom is -0.355 e. The van der Waals surface area contributed by atoms with Crippen molar-refractivity contribution in [2.45, 2.75) is 19.4 Å². The standard InChI is InChI=1S/C14H16BrN3O3/c1-9(19)16-6-7-17-12-8-13(20)18(14(12)21)11-4-2-10(15)3-5-11/h2-5,12,17H,6-8H2,1H3,(H,16,19). The van der Waals surface area contributed by atoms with E-state index in [1.165, 1.54) is 11.8 Å². The third kappa shape index (κ3) is 3.89. The van der Waals surface area contributed by atoms with Crippen molar-refractivity contribution >= 4 is 39.3 Å². The molecular weight excluding hydrogens is 338 g/mol. The Bertz CT molecular complexity index is 559. The maximum absolute atomic E-state index is 12.3. The van der Waals surface area contributed by atoms with Gasteiger partial charge in [0.05, 0.1) is 18.2 Å². The van der Waals surface area contributed by atoms with Gasteiger partial charge >= 0.3 is 0 Å². The Morgan fingerprint density at radius 1 is 1.29 bits per heavy atom. The van der Waals surface area contributed by atoms with Gasteiger partial charge in [-0.05, 0) is 24.3 Å². The molecule has 0 saturated carbocycles. The maximum Gasteiger partial charge on any atom is 0.251 e. The number of hydrogen-bond donors (Lipinski definition) is 2. The quantitative estimate of drug-likeness (QED) is 0.606. The van der Waals surface area contributed by atoms with E-state index in [4.69, 9.17) is 0 Å². The Morgan fingerprint density at radius 2 is 1.95 bits per heavy atom. The van der Waals surface area contributed by atoms with Gasteiger partial charge < -0.3 is 10.6 Å². The van der Waals surface area contributed by atoms with E-state index in [1.807, 2.05) is 0 Å². The highest BCUT2D eigenvalue weighted by Gasteiger charge is 2.39. The Balaban J connectivity index is 1.96. The molecule has 0 radical (unpaired) electrons. The molecule has 3 amide bonds. The number of hydrogen-bond acceptors (Lipinski definition) is 4. The second kappa shape index (κ2) is 6.82. The molecule has 1 heterocycles. The van der Waals surface area contributed by atoms with Gasteiger partial charge in [0.25, 0.3) is 5.91 Å². The minimum atomic E-state index is -0.532. The molecule has 2 rings (SSSR count). The Hall–Kier alpha value is -1.73.